The lowest BCUT2D eigenvalue weighted by atomic mass is 10.2. The number of rotatable bonds is 4. The van der Waals surface area contributed by atoms with Gasteiger partial charge in [-0.15, -0.1) is 23.5 Å². The van der Waals surface area contributed by atoms with Gasteiger partial charge in [0.2, 0.25) is 0 Å². The van der Waals surface area contributed by atoms with Crippen LogP contribution in [0.15, 0.2) is 0 Å². The molecule has 0 aliphatic carbocycles. The molecular formula is C7H12O2S2. The maximum absolute atomic E-state index is 10.2. The van der Waals surface area contributed by atoms with Crippen LogP contribution >= 0.6 is 23.5 Å². The molecule has 0 aromatic heterocycles. The summed E-state index contributed by atoms with van der Waals surface area (Å²) in [6.45, 7) is 0. The number of carboxylic acids is 1. The first kappa shape index (κ1) is 9.26. The molecule has 1 rings (SSSR count). The van der Waals surface area contributed by atoms with E-state index in [4.69, 9.17) is 5.11 Å². The lowest BCUT2D eigenvalue weighted by Crippen LogP contribution is -1.97. The van der Waals surface area contributed by atoms with Gasteiger partial charge in [-0.3, -0.25) is 4.79 Å². The second-order valence-electron chi connectivity index (χ2n) is 2.46. The molecule has 4 heteroatoms. The van der Waals surface area contributed by atoms with Crippen LogP contribution in [0.25, 0.3) is 0 Å². The van der Waals surface area contributed by atoms with E-state index in [-0.39, 0.29) is 0 Å². The molecule has 0 radical (unpaired) electrons. The molecule has 11 heavy (non-hydrogen) atoms. The van der Waals surface area contributed by atoms with E-state index in [2.05, 4.69) is 0 Å². The molecule has 1 fully saturated rings. The summed E-state index contributed by atoms with van der Waals surface area (Å²) < 4.78 is 0.675. The Morgan fingerprint density at radius 2 is 2.09 bits per heavy atom. The van der Waals surface area contributed by atoms with Gasteiger partial charge in [0.15, 0.2) is 0 Å². The van der Waals surface area contributed by atoms with Gasteiger partial charge in [0.25, 0.3) is 0 Å². The largest absolute Gasteiger partial charge is 0.481 e. The number of carbonyl (C=O) groups is 1. The summed E-state index contributed by atoms with van der Waals surface area (Å²) >= 11 is 3.93. The Bertz CT molecular complexity index is 132. The number of thioether (sulfide) groups is 2. The monoisotopic (exact) mass is 192 g/mol. The van der Waals surface area contributed by atoms with E-state index in [1.807, 2.05) is 23.5 Å². The Hall–Kier alpha value is 0.170. The highest BCUT2D eigenvalue weighted by Crippen LogP contribution is 2.35. The minimum atomic E-state index is -0.669. The van der Waals surface area contributed by atoms with E-state index in [1.165, 1.54) is 11.5 Å². The molecule has 1 saturated heterocycles. The first-order valence-electron chi connectivity index (χ1n) is 3.74. The molecule has 0 amide bonds. The fourth-order valence-electron chi connectivity index (χ4n) is 0.994. The highest BCUT2D eigenvalue weighted by Gasteiger charge is 2.15. The Morgan fingerprint density at radius 3 is 2.64 bits per heavy atom. The van der Waals surface area contributed by atoms with Gasteiger partial charge in [-0.2, -0.15) is 0 Å². The van der Waals surface area contributed by atoms with Crippen molar-refractivity contribution in [3.8, 4) is 0 Å². The number of hydrogen-bond acceptors (Lipinski definition) is 3. The fraction of sp³-hybridized carbons (Fsp3) is 0.857. The van der Waals surface area contributed by atoms with Crippen molar-refractivity contribution in [2.24, 2.45) is 0 Å². The van der Waals surface area contributed by atoms with Crippen molar-refractivity contribution in [1.82, 2.24) is 0 Å². The van der Waals surface area contributed by atoms with E-state index >= 15 is 0 Å². The second kappa shape index (κ2) is 4.93. The molecule has 1 aliphatic rings. The first-order valence-corrected chi connectivity index (χ1v) is 5.84. The molecular weight excluding hydrogens is 180 g/mol. The topological polar surface area (TPSA) is 37.3 Å². The Balaban J connectivity index is 1.98. The van der Waals surface area contributed by atoms with Crippen LogP contribution in [0.1, 0.15) is 19.3 Å². The zero-order chi connectivity index (χ0) is 8.10. The van der Waals surface area contributed by atoms with Crippen molar-refractivity contribution in [3.63, 3.8) is 0 Å². The van der Waals surface area contributed by atoms with Gasteiger partial charge in [0, 0.05) is 17.9 Å². The molecule has 64 valence electrons. The molecule has 0 aromatic carbocycles. The molecule has 1 heterocycles. The second-order valence-corrected chi connectivity index (χ2v) is 5.38. The van der Waals surface area contributed by atoms with Crippen LogP contribution in [0, 0.1) is 0 Å². The van der Waals surface area contributed by atoms with Crippen LogP contribution in [0.2, 0.25) is 0 Å². The van der Waals surface area contributed by atoms with E-state index in [1.54, 1.807) is 0 Å². The average Bonchev–Trinajstić information content (AvgIpc) is 2.39. The maximum atomic E-state index is 10.2. The Labute approximate surface area is 75.1 Å². The van der Waals surface area contributed by atoms with E-state index in [9.17, 15) is 4.79 Å². The van der Waals surface area contributed by atoms with Gasteiger partial charge in [-0.25, -0.2) is 0 Å². The maximum Gasteiger partial charge on any atom is 0.303 e. The van der Waals surface area contributed by atoms with Gasteiger partial charge in [0.1, 0.15) is 0 Å². The van der Waals surface area contributed by atoms with Gasteiger partial charge in [-0.1, -0.05) is 0 Å². The Kier molecular flexibility index (Phi) is 4.15. The predicted molar refractivity (Wildman–Crippen MR) is 50.2 cm³/mol. The van der Waals surface area contributed by atoms with E-state index in [0.717, 1.165) is 12.8 Å². The smallest absolute Gasteiger partial charge is 0.303 e. The van der Waals surface area contributed by atoms with Crippen molar-refractivity contribution in [1.29, 1.82) is 0 Å². The summed E-state index contributed by atoms with van der Waals surface area (Å²) in [7, 11) is 0. The SMILES string of the molecule is O=C(O)CCCC1SCCS1. The van der Waals surface area contributed by atoms with Crippen LogP contribution in [-0.2, 0) is 4.79 Å². The number of hydrogen-bond donors (Lipinski definition) is 1. The third kappa shape index (κ3) is 3.91. The van der Waals surface area contributed by atoms with Crippen LogP contribution in [-0.4, -0.2) is 27.2 Å². The van der Waals surface area contributed by atoms with Crippen LogP contribution in [0.5, 0.6) is 0 Å². The normalized spacial score (nSPS) is 18.9. The molecule has 0 saturated carbocycles. The summed E-state index contributed by atoms with van der Waals surface area (Å²) in [5, 5.41) is 8.37. The van der Waals surface area contributed by atoms with Gasteiger partial charge < -0.3 is 5.11 Å². The molecule has 0 bridgehead atoms. The van der Waals surface area contributed by atoms with Crippen molar-refractivity contribution in [2.45, 2.75) is 23.8 Å². The fourth-order valence-corrected chi connectivity index (χ4v) is 3.92. The van der Waals surface area contributed by atoms with Crippen molar-refractivity contribution in [2.75, 3.05) is 11.5 Å². The number of aliphatic carboxylic acids is 1. The molecule has 0 unspecified atom stereocenters. The molecule has 0 spiro atoms. The molecule has 0 atom stereocenters. The minimum absolute atomic E-state index is 0.331. The van der Waals surface area contributed by atoms with E-state index in [0.29, 0.717) is 11.0 Å². The highest BCUT2D eigenvalue weighted by atomic mass is 32.2. The molecule has 2 nitrogen and oxygen atoms in total. The lowest BCUT2D eigenvalue weighted by Gasteiger charge is -2.04. The summed E-state index contributed by atoms with van der Waals surface area (Å²) in [6.07, 6.45) is 2.22. The van der Waals surface area contributed by atoms with Gasteiger partial charge >= 0.3 is 5.97 Å². The summed E-state index contributed by atoms with van der Waals surface area (Å²) in [6, 6.07) is 0. The quantitative estimate of drug-likeness (QED) is 0.739. The summed E-state index contributed by atoms with van der Waals surface area (Å²) in [5.41, 5.74) is 0. The average molecular weight is 192 g/mol. The Morgan fingerprint density at radius 1 is 1.45 bits per heavy atom. The van der Waals surface area contributed by atoms with Crippen LogP contribution < -0.4 is 0 Å². The third-order valence-corrected chi connectivity index (χ3v) is 4.69. The van der Waals surface area contributed by atoms with Crippen LogP contribution in [0.3, 0.4) is 0 Å². The highest BCUT2D eigenvalue weighted by molar-refractivity contribution is 8.20. The third-order valence-electron chi connectivity index (χ3n) is 1.52. The minimum Gasteiger partial charge on any atom is -0.481 e. The van der Waals surface area contributed by atoms with Crippen molar-refractivity contribution >= 4 is 29.5 Å². The molecule has 1 N–H and O–H groups in total. The number of carboxylic acid groups (broad SMARTS) is 1. The summed E-state index contributed by atoms with van der Waals surface area (Å²) in [4.78, 5) is 10.2. The zero-order valence-electron chi connectivity index (χ0n) is 6.28. The summed E-state index contributed by atoms with van der Waals surface area (Å²) in [5.74, 6) is 1.81. The van der Waals surface area contributed by atoms with E-state index < -0.39 is 5.97 Å². The lowest BCUT2D eigenvalue weighted by molar-refractivity contribution is -0.137. The first-order chi connectivity index (χ1) is 5.29. The van der Waals surface area contributed by atoms with Gasteiger partial charge in [0.05, 0.1) is 4.58 Å². The van der Waals surface area contributed by atoms with Crippen molar-refractivity contribution < 1.29 is 9.90 Å². The predicted octanol–water partition coefficient (Wildman–Crippen LogP) is 2.05. The molecule has 0 aromatic rings. The van der Waals surface area contributed by atoms with Gasteiger partial charge in [-0.05, 0) is 12.8 Å². The standard InChI is InChI=1S/C7H12O2S2/c8-6(9)2-1-3-7-10-4-5-11-7/h7H,1-5H2,(H,8,9). The zero-order valence-corrected chi connectivity index (χ0v) is 7.92. The van der Waals surface area contributed by atoms with Crippen LogP contribution in [0.4, 0.5) is 0 Å². The molecule has 1 aliphatic heterocycles. The van der Waals surface area contributed by atoms with Crippen molar-refractivity contribution in [3.05, 3.63) is 0 Å².